The van der Waals surface area contributed by atoms with Crippen LogP contribution >= 0.6 is 27.5 Å². The van der Waals surface area contributed by atoms with E-state index in [0.29, 0.717) is 5.88 Å². The Morgan fingerprint density at radius 2 is 1.83 bits per heavy atom. The van der Waals surface area contributed by atoms with Crippen molar-refractivity contribution in [2.45, 2.75) is 19.7 Å². The highest BCUT2D eigenvalue weighted by molar-refractivity contribution is 9.10. The van der Waals surface area contributed by atoms with Crippen LogP contribution in [0.1, 0.15) is 16.7 Å². The summed E-state index contributed by atoms with van der Waals surface area (Å²) in [5, 5.41) is 0. The fraction of sp³-hybridized carbons (Fsp3) is 0.200. The average Bonchev–Trinajstić information content (AvgIpc) is 2.34. The molecule has 2 aromatic rings. The van der Waals surface area contributed by atoms with E-state index in [4.69, 9.17) is 16.3 Å². The van der Waals surface area contributed by atoms with Crippen LogP contribution in [0.25, 0.3) is 0 Å². The summed E-state index contributed by atoms with van der Waals surface area (Å²) in [4.78, 5) is 0. The van der Waals surface area contributed by atoms with Crippen LogP contribution in [0.15, 0.2) is 40.9 Å². The molecule has 94 valence electrons. The van der Waals surface area contributed by atoms with Gasteiger partial charge in [-0.2, -0.15) is 0 Å². The van der Waals surface area contributed by atoms with Gasteiger partial charge in [-0.05, 0) is 54.8 Å². The molecular formula is C15H14BrClO. The fourth-order valence-corrected chi connectivity index (χ4v) is 2.33. The standard InChI is InChI=1S/C15H14BrClO/c1-10-3-5-13(16)8-15(10)18-14-6-4-12(9-17)11(2)7-14/h3-8H,9H2,1-2H3. The minimum Gasteiger partial charge on any atom is -0.457 e. The van der Waals surface area contributed by atoms with Crippen molar-refractivity contribution in [1.82, 2.24) is 0 Å². The predicted molar refractivity (Wildman–Crippen MR) is 79.7 cm³/mol. The summed E-state index contributed by atoms with van der Waals surface area (Å²) < 4.78 is 6.91. The van der Waals surface area contributed by atoms with Crippen molar-refractivity contribution >= 4 is 27.5 Å². The van der Waals surface area contributed by atoms with Gasteiger partial charge in [-0.3, -0.25) is 0 Å². The first-order valence-electron chi connectivity index (χ1n) is 5.69. The van der Waals surface area contributed by atoms with Crippen LogP contribution in [0.2, 0.25) is 0 Å². The van der Waals surface area contributed by atoms with Crippen molar-refractivity contribution in [3.05, 3.63) is 57.6 Å². The summed E-state index contributed by atoms with van der Waals surface area (Å²) in [6.07, 6.45) is 0. The maximum atomic E-state index is 5.90. The Morgan fingerprint density at radius 3 is 2.50 bits per heavy atom. The Labute approximate surface area is 121 Å². The molecule has 0 spiro atoms. The maximum Gasteiger partial charge on any atom is 0.131 e. The van der Waals surface area contributed by atoms with Crippen molar-refractivity contribution in [2.24, 2.45) is 0 Å². The maximum absolute atomic E-state index is 5.90. The van der Waals surface area contributed by atoms with Gasteiger partial charge in [0.05, 0.1) is 0 Å². The highest BCUT2D eigenvalue weighted by atomic mass is 79.9. The van der Waals surface area contributed by atoms with E-state index in [9.17, 15) is 0 Å². The van der Waals surface area contributed by atoms with Crippen LogP contribution < -0.4 is 4.74 Å². The lowest BCUT2D eigenvalue weighted by molar-refractivity contribution is 0.478. The Balaban J connectivity index is 2.28. The van der Waals surface area contributed by atoms with E-state index in [2.05, 4.69) is 15.9 Å². The normalized spacial score (nSPS) is 10.4. The first-order chi connectivity index (χ1) is 8.60. The summed E-state index contributed by atoms with van der Waals surface area (Å²) in [5.41, 5.74) is 3.39. The van der Waals surface area contributed by atoms with Gasteiger partial charge in [0.1, 0.15) is 11.5 Å². The number of aryl methyl sites for hydroxylation is 2. The third-order valence-electron chi connectivity index (χ3n) is 2.84. The molecule has 0 saturated heterocycles. The summed E-state index contributed by atoms with van der Waals surface area (Å²) in [6, 6.07) is 12.0. The summed E-state index contributed by atoms with van der Waals surface area (Å²) in [7, 11) is 0. The van der Waals surface area contributed by atoms with Gasteiger partial charge in [-0.25, -0.2) is 0 Å². The van der Waals surface area contributed by atoms with Crippen LogP contribution in [0.3, 0.4) is 0 Å². The molecule has 0 unspecified atom stereocenters. The third-order valence-corrected chi connectivity index (χ3v) is 3.62. The second-order valence-corrected chi connectivity index (χ2v) is 5.42. The molecule has 0 aliphatic rings. The zero-order chi connectivity index (χ0) is 13.1. The van der Waals surface area contributed by atoms with Crippen molar-refractivity contribution in [1.29, 1.82) is 0 Å². The van der Waals surface area contributed by atoms with Crippen molar-refractivity contribution in [3.8, 4) is 11.5 Å². The van der Waals surface area contributed by atoms with Crippen LogP contribution in [0.4, 0.5) is 0 Å². The topological polar surface area (TPSA) is 9.23 Å². The molecule has 0 saturated carbocycles. The van der Waals surface area contributed by atoms with Crippen LogP contribution in [-0.2, 0) is 5.88 Å². The highest BCUT2D eigenvalue weighted by Crippen LogP contribution is 2.29. The summed E-state index contributed by atoms with van der Waals surface area (Å²) >= 11 is 9.29. The summed E-state index contributed by atoms with van der Waals surface area (Å²) in [5.74, 6) is 2.23. The van der Waals surface area contributed by atoms with Crippen molar-refractivity contribution in [2.75, 3.05) is 0 Å². The van der Waals surface area contributed by atoms with Crippen molar-refractivity contribution in [3.63, 3.8) is 0 Å². The van der Waals surface area contributed by atoms with E-state index in [0.717, 1.165) is 32.7 Å². The SMILES string of the molecule is Cc1cc(Oc2cc(Br)ccc2C)ccc1CCl. The van der Waals surface area contributed by atoms with Gasteiger partial charge < -0.3 is 4.74 Å². The molecule has 3 heteroatoms. The Hall–Kier alpha value is -0.990. The Kier molecular flexibility index (Phi) is 4.31. The second kappa shape index (κ2) is 5.77. The lowest BCUT2D eigenvalue weighted by atomic mass is 10.1. The average molecular weight is 326 g/mol. The molecular weight excluding hydrogens is 312 g/mol. The van der Waals surface area contributed by atoms with E-state index in [1.165, 1.54) is 0 Å². The smallest absolute Gasteiger partial charge is 0.131 e. The van der Waals surface area contributed by atoms with Gasteiger partial charge in [-0.1, -0.05) is 28.1 Å². The van der Waals surface area contributed by atoms with Crippen molar-refractivity contribution < 1.29 is 4.74 Å². The van der Waals surface area contributed by atoms with E-state index in [-0.39, 0.29) is 0 Å². The molecule has 0 aliphatic heterocycles. The highest BCUT2D eigenvalue weighted by Gasteiger charge is 2.04. The fourth-order valence-electron chi connectivity index (χ4n) is 1.69. The van der Waals surface area contributed by atoms with Gasteiger partial charge >= 0.3 is 0 Å². The van der Waals surface area contributed by atoms with Gasteiger partial charge in [0, 0.05) is 10.4 Å². The van der Waals surface area contributed by atoms with E-state index >= 15 is 0 Å². The number of hydrogen-bond acceptors (Lipinski definition) is 1. The first kappa shape index (κ1) is 13.4. The quantitative estimate of drug-likeness (QED) is 0.668. The van der Waals surface area contributed by atoms with Gasteiger partial charge in [0.2, 0.25) is 0 Å². The Bertz CT molecular complexity index is 566. The molecule has 0 atom stereocenters. The molecule has 0 N–H and O–H groups in total. The molecule has 2 aromatic carbocycles. The number of alkyl halides is 1. The van der Waals surface area contributed by atoms with E-state index < -0.39 is 0 Å². The van der Waals surface area contributed by atoms with E-state index in [1.54, 1.807) is 0 Å². The number of rotatable bonds is 3. The molecule has 18 heavy (non-hydrogen) atoms. The lowest BCUT2D eigenvalue weighted by Crippen LogP contribution is -1.90. The van der Waals surface area contributed by atoms with Gasteiger partial charge in [0.15, 0.2) is 0 Å². The van der Waals surface area contributed by atoms with Gasteiger partial charge in [0.25, 0.3) is 0 Å². The number of halogens is 2. The molecule has 0 amide bonds. The summed E-state index contributed by atoms with van der Waals surface area (Å²) in [6.45, 7) is 4.07. The second-order valence-electron chi connectivity index (χ2n) is 4.23. The minimum atomic E-state index is 0.530. The molecule has 1 nitrogen and oxygen atoms in total. The zero-order valence-electron chi connectivity index (χ0n) is 10.3. The lowest BCUT2D eigenvalue weighted by Gasteiger charge is -2.11. The molecule has 0 aromatic heterocycles. The number of benzene rings is 2. The monoisotopic (exact) mass is 324 g/mol. The number of hydrogen-bond donors (Lipinski definition) is 0. The molecule has 0 bridgehead atoms. The van der Waals surface area contributed by atoms with E-state index in [1.807, 2.05) is 50.2 Å². The third kappa shape index (κ3) is 3.06. The predicted octanol–water partition coefficient (Wildman–Crippen LogP) is 5.60. The minimum absolute atomic E-state index is 0.530. The van der Waals surface area contributed by atoms with Gasteiger partial charge in [-0.15, -0.1) is 11.6 Å². The number of ether oxygens (including phenoxy) is 1. The molecule has 0 aliphatic carbocycles. The molecule has 0 radical (unpaired) electrons. The van der Waals surface area contributed by atoms with Crippen LogP contribution in [-0.4, -0.2) is 0 Å². The van der Waals surface area contributed by atoms with Crippen LogP contribution in [0.5, 0.6) is 11.5 Å². The van der Waals surface area contributed by atoms with Crippen LogP contribution in [0, 0.1) is 13.8 Å². The molecule has 2 rings (SSSR count). The zero-order valence-corrected chi connectivity index (χ0v) is 12.7. The Morgan fingerprint density at radius 1 is 1.06 bits per heavy atom. The largest absolute Gasteiger partial charge is 0.457 e. The molecule has 0 fully saturated rings. The molecule has 0 heterocycles. The first-order valence-corrected chi connectivity index (χ1v) is 7.02.